The van der Waals surface area contributed by atoms with Crippen LogP contribution in [-0.2, 0) is 0 Å². The normalized spacial score (nSPS) is 16.4. The van der Waals surface area contributed by atoms with Crippen molar-refractivity contribution in [2.24, 2.45) is 0 Å². The second kappa shape index (κ2) is 3.38. The third-order valence-electron chi connectivity index (χ3n) is 2.42. The Morgan fingerprint density at radius 1 is 1.57 bits per heavy atom. The summed E-state index contributed by atoms with van der Waals surface area (Å²) in [5, 5.41) is 9.60. The molecular weight excluding hydrogens is 182 g/mol. The summed E-state index contributed by atoms with van der Waals surface area (Å²) in [7, 11) is 1.78. The van der Waals surface area contributed by atoms with Crippen LogP contribution in [-0.4, -0.2) is 52.2 Å². The van der Waals surface area contributed by atoms with Gasteiger partial charge in [0.1, 0.15) is 5.82 Å². The number of carbonyl (C=O) groups is 1. The van der Waals surface area contributed by atoms with Crippen LogP contribution in [0.25, 0.3) is 0 Å². The average Bonchev–Trinajstić information content (AvgIpc) is 2.47. The molecule has 1 aromatic rings. The van der Waals surface area contributed by atoms with Crippen LogP contribution in [0.3, 0.4) is 0 Å². The Kier molecular flexibility index (Phi) is 2.20. The molecule has 0 aromatic carbocycles. The quantitative estimate of drug-likeness (QED) is 0.645. The number of hydrogen-bond acceptors (Lipinski definition) is 4. The number of carbonyl (C=O) groups excluding carboxylic acids is 1. The van der Waals surface area contributed by atoms with Crippen LogP contribution in [0.4, 0.5) is 0 Å². The SMILES string of the molecule is Cc1nc(C(=O)N(C)C2CNC2)n[nH]1. The van der Waals surface area contributed by atoms with E-state index in [0.717, 1.165) is 13.1 Å². The number of aromatic amines is 1. The van der Waals surface area contributed by atoms with E-state index in [4.69, 9.17) is 0 Å². The molecule has 2 heterocycles. The molecular formula is C8H13N5O. The number of hydrogen-bond donors (Lipinski definition) is 2. The van der Waals surface area contributed by atoms with Crippen LogP contribution in [0.1, 0.15) is 16.4 Å². The van der Waals surface area contributed by atoms with Crippen molar-refractivity contribution in [1.29, 1.82) is 0 Å². The van der Waals surface area contributed by atoms with Gasteiger partial charge in [-0.1, -0.05) is 0 Å². The van der Waals surface area contributed by atoms with Crippen molar-refractivity contribution >= 4 is 5.91 Å². The molecule has 1 fully saturated rings. The molecule has 6 heteroatoms. The molecule has 14 heavy (non-hydrogen) atoms. The first kappa shape index (κ1) is 9.14. The maximum atomic E-state index is 11.7. The highest BCUT2D eigenvalue weighted by atomic mass is 16.2. The van der Waals surface area contributed by atoms with E-state index >= 15 is 0 Å². The first-order chi connectivity index (χ1) is 6.68. The van der Waals surface area contributed by atoms with Gasteiger partial charge in [0, 0.05) is 20.1 Å². The summed E-state index contributed by atoms with van der Waals surface area (Å²) in [6, 6.07) is 0.279. The number of likely N-dealkylation sites (N-methyl/N-ethyl adjacent to an activating group) is 1. The van der Waals surface area contributed by atoms with Crippen molar-refractivity contribution in [3.05, 3.63) is 11.6 Å². The van der Waals surface area contributed by atoms with Crippen molar-refractivity contribution in [3.63, 3.8) is 0 Å². The molecule has 0 bridgehead atoms. The Balaban J connectivity index is 2.07. The number of amides is 1. The zero-order valence-electron chi connectivity index (χ0n) is 8.24. The zero-order chi connectivity index (χ0) is 10.1. The number of rotatable bonds is 2. The molecule has 0 spiro atoms. The summed E-state index contributed by atoms with van der Waals surface area (Å²) in [4.78, 5) is 17.4. The zero-order valence-corrected chi connectivity index (χ0v) is 8.24. The van der Waals surface area contributed by atoms with E-state index in [1.54, 1.807) is 18.9 Å². The van der Waals surface area contributed by atoms with Crippen molar-refractivity contribution in [2.75, 3.05) is 20.1 Å². The van der Waals surface area contributed by atoms with Crippen molar-refractivity contribution in [3.8, 4) is 0 Å². The van der Waals surface area contributed by atoms with Gasteiger partial charge in [0.15, 0.2) is 0 Å². The lowest BCUT2D eigenvalue weighted by Crippen LogP contribution is -2.57. The van der Waals surface area contributed by atoms with E-state index in [9.17, 15) is 4.79 Å². The number of aromatic nitrogens is 3. The summed E-state index contributed by atoms with van der Waals surface area (Å²) >= 11 is 0. The molecule has 1 aromatic heterocycles. The van der Waals surface area contributed by atoms with Crippen LogP contribution < -0.4 is 5.32 Å². The van der Waals surface area contributed by atoms with Gasteiger partial charge in [-0.3, -0.25) is 9.89 Å². The molecule has 1 aliphatic rings. The maximum absolute atomic E-state index is 11.7. The summed E-state index contributed by atoms with van der Waals surface area (Å²) < 4.78 is 0. The van der Waals surface area contributed by atoms with Gasteiger partial charge in [0.05, 0.1) is 6.04 Å². The number of H-pyrrole nitrogens is 1. The Bertz CT molecular complexity index is 343. The monoisotopic (exact) mass is 195 g/mol. The molecule has 1 saturated heterocycles. The van der Waals surface area contributed by atoms with Crippen LogP contribution >= 0.6 is 0 Å². The molecule has 1 amide bonds. The molecule has 76 valence electrons. The standard InChI is InChI=1S/C8H13N5O/c1-5-10-7(12-11-5)8(14)13(2)6-3-9-4-6/h6,9H,3-4H2,1-2H3,(H,10,11,12). The van der Waals surface area contributed by atoms with Crippen LogP contribution in [0.2, 0.25) is 0 Å². The molecule has 2 N–H and O–H groups in total. The lowest BCUT2D eigenvalue weighted by molar-refractivity contribution is 0.0669. The molecule has 2 rings (SSSR count). The smallest absolute Gasteiger partial charge is 0.293 e. The third-order valence-corrected chi connectivity index (χ3v) is 2.42. The topological polar surface area (TPSA) is 73.9 Å². The highest BCUT2D eigenvalue weighted by Crippen LogP contribution is 2.05. The molecule has 0 atom stereocenters. The Morgan fingerprint density at radius 3 is 2.71 bits per heavy atom. The van der Waals surface area contributed by atoms with Crippen molar-refractivity contribution in [1.82, 2.24) is 25.4 Å². The first-order valence-corrected chi connectivity index (χ1v) is 4.55. The molecule has 6 nitrogen and oxygen atoms in total. The summed E-state index contributed by atoms with van der Waals surface area (Å²) in [6.45, 7) is 3.48. The minimum atomic E-state index is -0.124. The second-order valence-electron chi connectivity index (χ2n) is 3.47. The summed E-state index contributed by atoms with van der Waals surface area (Å²) in [5.74, 6) is 0.784. The van der Waals surface area contributed by atoms with Gasteiger partial charge in [-0.25, -0.2) is 4.98 Å². The number of aryl methyl sites for hydroxylation is 1. The predicted octanol–water partition coefficient (Wildman–Crippen LogP) is -0.843. The second-order valence-corrected chi connectivity index (χ2v) is 3.47. The molecule has 1 aliphatic heterocycles. The van der Waals surface area contributed by atoms with Crippen molar-refractivity contribution < 1.29 is 4.79 Å². The summed E-state index contributed by atoms with van der Waals surface area (Å²) in [5.41, 5.74) is 0. The highest BCUT2D eigenvalue weighted by Gasteiger charge is 2.27. The molecule has 0 saturated carbocycles. The van der Waals surface area contributed by atoms with Crippen LogP contribution in [0, 0.1) is 6.92 Å². The average molecular weight is 195 g/mol. The maximum Gasteiger partial charge on any atom is 0.293 e. The third kappa shape index (κ3) is 1.48. The highest BCUT2D eigenvalue weighted by molar-refractivity contribution is 5.90. The predicted molar refractivity (Wildman–Crippen MR) is 49.9 cm³/mol. The molecule has 0 aliphatic carbocycles. The van der Waals surface area contributed by atoms with Gasteiger partial charge < -0.3 is 10.2 Å². The first-order valence-electron chi connectivity index (χ1n) is 4.55. The van der Waals surface area contributed by atoms with E-state index in [-0.39, 0.29) is 17.8 Å². The molecule has 0 unspecified atom stereocenters. The van der Waals surface area contributed by atoms with Gasteiger partial charge in [-0.05, 0) is 6.92 Å². The number of nitrogens with zero attached hydrogens (tertiary/aromatic N) is 3. The van der Waals surface area contributed by atoms with E-state index in [1.807, 2.05) is 0 Å². The van der Waals surface area contributed by atoms with E-state index in [2.05, 4.69) is 20.5 Å². The van der Waals surface area contributed by atoms with Gasteiger partial charge in [-0.2, -0.15) is 0 Å². The van der Waals surface area contributed by atoms with Gasteiger partial charge in [0.2, 0.25) is 5.82 Å². The van der Waals surface area contributed by atoms with E-state index in [0.29, 0.717) is 5.82 Å². The lowest BCUT2D eigenvalue weighted by atomic mass is 10.1. The van der Waals surface area contributed by atoms with Crippen LogP contribution in [0.15, 0.2) is 0 Å². The van der Waals surface area contributed by atoms with Gasteiger partial charge in [0.25, 0.3) is 5.91 Å². The van der Waals surface area contributed by atoms with Crippen molar-refractivity contribution in [2.45, 2.75) is 13.0 Å². The van der Waals surface area contributed by atoms with Gasteiger partial charge in [-0.15, -0.1) is 5.10 Å². The van der Waals surface area contributed by atoms with E-state index in [1.165, 1.54) is 0 Å². The fourth-order valence-corrected chi connectivity index (χ4v) is 1.31. The minimum Gasteiger partial charge on any atom is -0.333 e. The van der Waals surface area contributed by atoms with Crippen LogP contribution in [0.5, 0.6) is 0 Å². The lowest BCUT2D eigenvalue weighted by Gasteiger charge is -2.34. The molecule has 0 radical (unpaired) electrons. The Labute approximate surface area is 81.7 Å². The van der Waals surface area contributed by atoms with Gasteiger partial charge >= 0.3 is 0 Å². The minimum absolute atomic E-state index is 0.124. The summed E-state index contributed by atoms with van der Waals surface area (Å²) in [6.07, 6.45) is 0. The van der Waals surface area contributed by atoms with E-state index < -0.39 is 0 Å². The fourth-order valence-electron chi connectivity index (χ4n) is 1.31. The Hall–Kier alpha value is -1.43. The largest absolute Gasteiger partial charge is 0.333 e. The number of nitrogens with one attached hydrogen (secondary N) is 2. The Morgan fingerprint density at radius 2 is 2.29 bits per heavy atom. The fraction of sp³-hybridized carbons (Fsp3) is 0.625.